The van der Waals surface area contributed by atoms with Crippen molar-refractivity contribution < 1.29 is 0 Å². The minimum atomic E-state index is 0.618. The van der Waals surface area contributed by atoms with E-state index in [0.717, 1.165) is 9.50 Å². The summed E-state index contributed by atoms with van der Waals surface area (Å²) in [7, 11) is 0. The molecule has 2 aromatic carbocycles. The van der Waals surface area contributed by atoms with Crippen LogP contribution < -0.4 is 5.73 Å². The first kappa shape index (κ1) is 21.6. The molecule has 2 rings (SSSR count). The molecule has 0 aromatic heterocycles. The third kappa shape index (κ3) is 10.1. The largest absolute Gasteiger partial charge is 0.398 e. The van der Waals surface area contributed by atoms with Gasteiger partial charge in [-0.1, -0.05) is 75.2 Å². The van der Waals surface area contributed by atoms with Crippen LogP contribution in [0.4, 0.5) is 5.69 Å². The maximum absolute atomic E-state index is 5.66. The zero-order valence-electron chi connectivity index (χ0n) is 12.3. The number of nitrogen functional groups attached to an aromatic ring is 1. The van der Waals surface area contributed by atoms with Crippen LogP contribution in [0.3, 0.4) is 0 Å². The summed E-state index contributed by atoms with van der Waals surface area (Å²) in [5, 5.41) is 1.38. The second-order valence-corrected chi connectivity index (χ2v) is 4.60. The number of hydrogen-bond acceptors (Lipinski definition) is 1. The molecule has 4 heteroatoms. The summed E-state index contributed by atoms with van der Waals surface area (Å²) in [6, 6.07) is 14.8. The van der Waals surface area contributed by atoms with Gasteiger partial charge in [-0.05, 0) is 40.2 Å². The van der Waals surface area contributed by atoms with Gasteiger partial charge in [0.25, 0.3) is 0 Å². The second kappa shape index (κ2) is 14.7. The van der Waals surface area contributed by atoms with E-state index in [2.05, 4.69) is 15.9 Å². The fourth-order valence-corrected chi connectivity index (χ4v) is 1.47. The molecule has 0 fully saturated rings. The van der Waals surface area contributed by atoms with Gasteiger partial charge >= 0.3 is 0 Å². The zero-order valence-corrected chi connectivity index (χ0v) is 15.4. The monoisotopic (exact) mass is 377 g/mol. The Bertz CT molecular complexity index is 376. The summed E-state index contributed by atoms with van der Waals surface area (Å²) in [5.74, 6) is 0. The minimum absolute atomic E-state index is 0.618. The van der Waals surface area contributed by atoms with Gasteiger partial charge in [0.15, 0.2) is 0 Å². The van der Waals surface area contributed by atoms with E-state index in [-0.39, 0.29) is 0 Å². The molecule has 0 aliphatic heterocycles. The molecule has 0 heterocycles. The molecule has 0 saturated heterocycles. The molecule has 0 radical (unpaired) electrons. The van der Waals surface area contributed by atoms with Crippen LogP contribution in [0.2, 0.25) is 10.0 Å². The lowest BCUT2D eigenvalue weighted by Gasteiger charge is -1.91. The van der Waals surface area contributed by atoms with Gasteiger partial charge in [-0.3, -0.25) is 0 Å². The highest BCUT2D eigenvalue weighted by atomic mass is 79.9. The molecule has 2 N–H and O–H groups in total. The van der Waals surface area contributed by atoms with Crippen molar-refractivity contribution in [2.75, 3.05) is 5.73 Å². The lowest BCUT2D eigenvalue weighted by atomic mass is 10.3. The number of anilines is 1. The number of hydrogen-bond donors (Lipinski definition) is 1. The van der Waals surface area contributed by atoms with Gasteiger partial charge in [0.1, 0.15) is 0 Å². The van der Waals surface area contributed by atoms with E-state index >= 15 is 0 Å². The SMILES string of the molecule is CC.CC.Clc1ccccc1Br.Nc1ccccc1Cl. The van der Waals surface area contributed by atoms with Gasteiger partial charge in [-0.15, -0.1) is 0 Å². The molecule has 20 heavy (non-hydrogen) atoms. The average Bonchev–Trinajstić information content (AvgIpc) is 2.50. The molecule has 0 bridgehead atoms. The van der Waals surface area contributed by atoms with Crippen LogP contribution in [0.15, 0.2) is 53.0 Å². The predicted molar refractivity (Wildman–Crippen MR) is 97.7 cm³/mol. The normalized spacial score (nSPS) is 7.95. The van der Waals surface area contributed by atoms with Crippen molar-refractivity contribution in [2.45, 2.75) is 27.7 Å². The maximum atomic E-state index is 5.66. The topological polar surface area (TPSA) is 26.0 Å². The highest BCUT2D eigenvalue weighted by Crippen LogP contribution is 2.20. The van der Waals surface area contributed by atoms with E-state index in [4.69, 9.17) is 28.9 Å². The Balaban J connectivity index is 0. The molecular weight excluding hydrogens is 357 g/mol. The van der Waals surface area contributed by atoms with Crippen LogP contribution in [0.5, 0.6) is 0 Å². The predicted octanol–water partition coefficient (Wildman–Crippen LogP) is 7.08. The van der Waals surface area contributed by atoms with Gasteiger partial charge in [-0.25, -0.2) is 0 Å². The van der Waals surface area contributed by atoms with Crippen molar-refractivity contribution >= 4 is 44.8 Å². The summed E-state index contributed by atoms with van der Waals surface area (Å²) in [6.07, 6.45) is 0. The number of halogens is 3. The van der Waals surface area contributed by atoms with Crippen LogP contribution in [0.1, 0.15) is 27.7 Å². The summed E-state index contributed by atoms with van der Waals surface area (Å²) in [5.41, 5.74) is 6.02. The van der Waals surface area contributed by atoms with Gasteiger partial charge in [0, 0.05) is 4.47 Å². The van der Waals surface area contributed by atoms with Crippen molar-refractivity contribution in [3.05, 3.63) is 63.0 Å². The van der Waals surface area contributed by atoms with Crippen molar-refractivity contribution in [2.24, 2.45) is 0 Å². The molecule has 2 aromatic rings. The smallest absolute Gasteiger partial charge is 0.0635 e. The summed E-state index contributed by atoms with van der Waals surface area (Å²) in [6.45, 7) is 8.00. The first-order chi connectivity index (χ1) is 9.61. The fourth-order valence-electron chi connectivity index (χ4n) is 0.914. The van der Waals surface area contributed by atoms with Gasteiger partial charge in [0.05, 0.1) is 15.7 Å². The van der Waals surface area contributed by atoms with Gasteiger partial charge in [0.2, 0.25) is 0 Å². The average molecular weight is 379 g/mol. The molecular formula is C16H22BrCl2N. The fraction of sp³-hybridized carbons (Fsp3) is 0.250. The summed E-state index contributed by atoms with van der Waals surface area (Å²) < 4.78 is 0.946. The number of benzene rings is 2. The van der Waals surface area contributed by atoms with Crippen molar-refractivity contribution in [3.63, 3.8) is 0 Å². The Morgan fingerprint density at radius 1 is 0.750 bits per heavy atom. The van der Waals surface area contributed by atoms with Gasteiger partial charge < -0.3 is 5.73 Å². The molecule has 0 spiro atoms. The second-order valence-electron chi connectivity index (χ2n) is 2.94. The van der Waals surface area contributed by atoms with Crippen molar-refractivity contribution in [3.8, 4) is 0 Å². The maximum Gasteiger partial charge on any atom is 0.0635 e. The molecule has 112 valence electrons. The first-order valence-electron chi connectivity index (χ1n) is 6.51. The number of rotatable bonds is 0. The van der Waals surface area contributed by atoms with Crippen LogP contribution in [0.25, 0.3) is 0 Å². The number of para-hydroxylation sites is 1. The van der Waals surface area contributed by atoms with Crippen LogP contribution >= 0.6 is 39.1 Å². The van der Waals surface area contributed by atoms with E-state index in [0.29, 0.717) is 10.7 Å². The van der Waals surface area contributed by atoms with Crippen LogP contribution in [-0.4, -0.2) is 0 Å². The Kier molecular flexibility index (Phi) is 15.9. The van der Waals surface area contributed by atoms with E-state index in [9.17, 15) is 0 Å². The van der Waals surface area contributed by atoms with E-state index in [1.807, 2.05) is 64.1 Å². The molecule has 0 amide bonds. The Morgan fingerprint density at radius 2 is 1.15 bits per heavy atom. The molecule has 1 nitrogen and oxygen atoms in total. The Labute approximate surface area is 141 Å². The zero-order chi connectivity index (χ0) is 16.0. The van der Waals surface area contributed by atoms with Crippen LogP contribution in [0, 0.1) is 0 Å². The lowest BCUT2D eigenvalue weighted by molar-refractivity contribution is 1.50. The standard InChI is InChI=1S/C6H4BrCl.C6H6ClN.2C2H6/c2*7-5-3-1-2-4-6(5)8;2*1-2/h1-4H;1-4H,8H2;2*1-2H3. The van der Waals surface area contributed by atoms with Crippen molar-refractivity contribution in [1.29, 1.82) is 0 Å². The highest BCUT2D eigenvalue weighted by Gasteiger charge is 1.89. The van der Waals surface area contributed by atoms with E-state index < -0.39 is 0 Å². The van der Waals surface area contributed by atoms with Gasteiger partial charge in [-0.2, -0.15) is 0 Å². The summed E-state index contributed by atoms with van der Waals surface area (Å²) >= 11 is 14.5. The highest BCUT2D eigenvalue weighted by molar-refractivity contribution is 9.10. The third-order valence-corrected chi connectivity index (χ3v) is 3.32. The number of nitrogens with two attached hydrogens (primary N) is 1. The molecule has 0 saturated carbocycles. The van der Waals surface area contributed by atoms with E-state index in [1.165, 1.54) is 0 Å². The Morgan fingerprint density at radius 3 is 1.40 bits per heavy atom. The van der Waals surface area contributed by atoms with Crippen molar-refractivity contribution in [1.82, 2.24) is 0 Å². The molecule has 0 unspecified atom stereocenters. The third-order valence-electron chi connectivity index (χ3n) is 1.73. The first-order valence-corrected chi connectivity index (χ1v) is 8.06. The lowest BCUT2D eigenvalue weighted by Crippen LogP contribution is -1.82. The molecule has 0 aliphatic rings. The minimum Gasteiger partial charge on any atom is -0.398 e. The molecule has 0 atom stereocenters. The van der Waals surface area contributed by atoms with E-state index in [1.54, 1.807) is 12.1 Å². The quantitative estimate of drug-likeness (QED) is 0.487. The summed E-state index contributed by atoms with van der Waals surface area (Å²) in [4.78, 5) is 0. The molecule has 0 aliphatic carbocycles. The Hall–Kier alpha value is -0.700. The van der Waals surface area contributed by atoms with Crippen LogP contribution in [-0.2, 0) is 0 Å².